The molecule has 1 fully saturated rings. The van der Waals surface area contributed by atoms with Gasteiger partial charge in [0, 0.05) is 30.9 Å². The summed E-state index contributed by atoms with van der Waals surface area (Å²) in [5.74, 6) is -0.0400. The molecule has 0 radical (unpaired) electrons. The Morgan fingerprint density at radius 2 is 1.78 bits per heavy atom. The fraction of sp³-hybridized carbons (Fsp3) is 0.316. The Morgan fingerprint density at radius 3 is 2.48 bits per heavy atom. The molecule has 0 aromatic heterocycles. The van der Waals surface area contributed by atoms with Crippen molar-refractivity contribution < 1.29 is 9.53 Å². The summed E-state index contributed by atoms with van der Waals surface area (Å²) in [7, 11) is 0. The van der Waals surface area contributed by atoms with Gasteiger partial charge in [0.25, 0.3) is 5.91 Å². The van der Waals surface area contributed by atoms with E-state index in [0.29, 0.717) is 12.1 Å². The fourth-order valence-corrected chi connectivity index (χ4v) is 2.73. The number of carbonyl (C=O) groups is 1. The largest absolute Gasteiger partial charge is 0.378 e. The third kappa shape index (κ3) is 3.90. The minimum atomic E-state index is -0.0400. The number of aryl methyl sites for hydroxylation is 1. The van der Waals surface area contributed by atoms with Gasteiger partial charge in [0.2, 0.25) is 0 Å². The molecule has 1 aliphatic heterocycles. The van der Waals surface area contributed by atoms with E-state index in [1.807, 2.05) is 42.5 Å². The summed E-state index contributed by atoms with van der Waals surface area (Å²) in [5, 5.41) is 2.98. The van der Waals surface area contributed by atoms with Gasteiger partial charge in [-0.05, 0) is 42.3 Å². The van der Waals surface area contributed by atoms with Crippen LogP contribution in [-0.2, 0) is 11.3 Å². The topological polar surface area (TPSA) is 41.6 Å². The number of amides is 1. The van der Waals surface area contributed by atoms with Crippen LogP contribution in [0, 0.1) is 6.92 Å². The Balaban J connectivity index is 1.60. The number of benzene rings is 2. The number of anilines is 1. The summed E-state index contributed by atoms with van der Waals surface area (Å²) < 4.78 is 5.36. The molecule has 1 saturated heterocycles. The molecule has 0 atom stereocenters. The van der Waals surface area contributed by atoms with Crippen LogP contribution in [0.2, 0.25) is 0 Å². The molecule has 4 nitrogen and oxygen atoms in total. The first-order valence-corrected chi connectivity index (χ1v) is 7.99. The summed E-state index contributed by atoms with van der Waals surface area (Å²) in [6.07, 6.45) is 0. The van der Waals surface area contributed by atoms with Gasteiger partial charge < -0.3 is 15.0 Å². The van der Waals surface area contributed by atoms with Crippen LogP contribution in [0.25, 0.3) is 0 Å². The number of carbonyl (C=O) groups excluding carboxylic acids is 1. The van der Waals surface area contributed by atoms with Crippen LogP contribution in [0.3, 0.4) is 0 Å². The molecule has 0 saturated carbocycles. The third-order valence-electron chi connectivity index (χ3n) is 4.21. The second-order valence-corrected chi connectivity index (χ2v) is 5.76. The van der Waals surface area contributed by atoms with E-state index >= 15 is 0 Å². The Hall–Kier alpha value is -2.33. The zero-order valence-electron chi connectivity index (χ0n) is 13.4. The molecule has 2 aromatic carbocycles. The molecule has 120 valence electrons. The van der Waals surface area contributed by atoms with Crippen molar-refractivity contribution >= 4 is 11.6 Å². The molecule has 1 N–H and O–H groups in total. The third-order valence-corrected chi connectivity index (χ3v) is 4.21. The van der Waals surface area contributed by atoms with Crippen molar-refractivity contribution in [3.8, 4) is 0 Å². The number of ether oxygens (including phenoxy) is 1. The van der Waals surface area contributed by atoms with Crippen LogP contribution in [0.4, 0.5) is 5.69 Å². The smallest absolute Gasteiger partial charge is 0.251 e. The quantitative estimate of drug-likeness (QED) is 0.944. The lowest BCUT2D eigenvalue weighted by Crippen LogP contribution is -2.36. The lowest BCUT2D eigenvalue weighted by atomic mass is 10.1. The molecule has 2 aromatic rings. The van der Waals surface area contributed by atoms with Crippen LogP contribution in [0.15, 0.2) is 48.5 Å². The van der Waals surface area contributed by atoms with Gasteiger partial charge in [-0.15, -0.1) is 0 Å². The lowest BCUT2D eigenvalue weighted by Gasteiger charge is -2.28. The second-order valence-electron chi connectivity index (χ2n) is 5.76. The van der Waals surface area contributed by atoms with E-state index in [-0.39, 0.29) is 5.91 Å². The maximum absolute atomic E-state index is 12.3. The average Bonchev–Trinajstić information content (AvgIpc) is 2.62. The molecular formula is C19H22N2O2. The maximum atomic E-state index is 12.3. The second kappa shape index (κ2) is 7.29. The average molecular weight is 310 g/mol. The molecule has 1 aliphatic rings. The fourth-order valence-electron chi connectivity index (χ4n) is 2.73. The molecule has 1 amide bonds. The highest BCUT2D eigenvalue weighted by Crippen LogP contribution is 2.16. The highest BCUT2D eigenvalue weighted by Gasteiger charge is 2.12. The summed E-state index contributed by atoms with van der Waals surface area (Å²) in [6, 6.07) is 15.9. The minimum Gasteiger partial charge on any atom is -0.378 e. The van der Waals surface area contributed by atoms with E-state index < -0.39 is 0 Å². The van der Waals surface area contributed by atoms with Crippen molar-refractivity contribution in [2.24, 2.45) is 0 Å². The molecule has 0 aliphatic carbocycles. The Morgan fingerprint density at radius 1 is 1.09 bits per heavy atom. The van der Waals surface area contributed by atoms with Crippen molar-refractivity contribution in [2.75, 3.05) is 31.2 Å². The Bertz CT molecular complexity index is 661. The van der Waals surface area contributed by atoms with Crippen LogP contribution in [-0.4, -0.2) is 32.2 Å². The zero-order chi connectivity index (χ0) is 16.1. The summed E-state index contributed by atoms with van der Waals surface area (Å²) in [6.45, 7) is 5.93. The van der Waals surface area contributed by atoms with E-state index in [0.717, 1.165) is 37.6 Å². The van der Waals surface area contributed by atoms with E-state index in [2.05, 4.69) is 23.2 Å². The number of hydrogen-bond donors (Lipinski definition) is 1. The molecule has 23 heavy (non-hydrogen) atoms. The summed E-state index contributed by atoms with van der Waals surface area (Å²) >= 11 is 0. The number of nitrogens with zero attached hydrogens (tertiary/aromatic N) is 1. The zero-order valence-corrected chi connectivity index (χ0v) is 13.4. The normalized spacial score (nSPS) is 14.6. The van der Waals surface area contributed by atoms with Crippen molar-refractivity contribution in [3.63, 3.8) is 0 Å². The molecule has 0 unspecified atom stereocenters. The SMILES string of the molecule is Cc1ccccc1CNC(=O)c1ccc(N2CCOCC2)cc1. The standard InChI is InChI=1S/C19H22N2O2/c1-15-4-2-3-5-17(15)14-20-19(22)16-6-8-18(9-7-16)21-10-12-23-13-11-21/h2-9H,10-14H2,1H3,(H,20,22). The van der Waals surface area contributed by atoms with E-state index in [1.54, 1.807) is 0 Å². The van der Waals surface area contributed by atoms with Gasteiger partial charge in [0.1, 0.15) is 0 Å². The van der Waals surface area contributed by atoms with Crippen LogP contribution in [0.1, 0.15) is 21.5 Å². The van der Waals surface area contributed by atoms with Gasteiger partial charge in [0.05, 0.1) is 13.2 Å². The highest BCUT2D eigenvalue weighted by molar-refractivity contribution is 5.94. The number of rotatable bonds is 4. The van der Waals surface area contributed by atoms with Crippen molar-refractivity contribution in [1.82, 2.24) is 5.32 Å². The maximum Gasteiger partial charge on any atom is 0.251 e. The van der Waals surface area contributed by atoms with Crippen molar-refractivity contribution in [2.45, 2.75) is 13.5 Å². The van der Waals surface area contributed by atoms with Crippen LogP contribution in [0.5, 0.6) is 0 Å². The first kappa shape index (κ1) is 15.6. The molecule has 0 spiro atoms. The van der Waals surface area contributed by atoms with E-state index in [9.17, 15) is 4.79 Å². The van der Waals surface area contributed by atoms with Crippen LogP contribution >= 0.6 is 0 Å². The predicted molar refractivity (Wildman–Crippen MR) is 91.8 cm³/mol. The van der Waals surface area contributed by atoms with Gasteiger partial charge >= 0.3 is 0 Å². The van der Waals surface area contributed by atoms with E-state index in [4.69, 9.17) is 4.74 Å². The summed E-state index contributed by atoms with van der Waals surface area (Å²) in [5.41, 5.74) is 4.17. The van der Waals surface area contributed by atoms with Gasteiger partial charge in [-0.1, -0.05) is 24.3 Å². The first-order valence-electron chi connectivity index (χ1n) is 7.99. The Kier molecular flexibility index (Phi) is 4.93. The molecule has 0 bridgehead atoms. The molecule has 3 rings (SSSR count). The molecule has 1 heterocycles. The monoisotopic (exact) mass is 310 g/mol. The number of morpholine rings is 1. The van der Waals surface area contributed by atoms with Crippen LogP contribution < -0.4 is 10.2 Å². The minimum absolute atomic E-state index is 0.0400. The number of hydrogen-bond acceptors (Lipinski definition) is 3. The Labute approximate surface area is 137 Å². The lowest BCUT2D eigenvalue weighted by molar-refractivity contribution is 0.0951. The summed E-state index contributed by atoms with van der Waals surface area (Å²) in [4.78, 5) is 14.5. The van der Waals surface area contributed by atoms with Gasteiger partial charge in [-0.25, -0.2) is 0 Å². The van der Waals surface area contributed by atoms with Gasteiger partial charge in [-0.2, -0.15) is 0 Å². The van der Waals surface area contributed by atoms with Crippen molar-refractivity contribution in [1.29, 1.82) is 0 Å². The molecular weight excluding hydrogens is 288 g/mol. The molecule has 4 heteroatoms. The number of nitrogens with one attached hydrogen (secondary N) is 1. The highest BCUT2D eigenvalue weighted by atomic mass is 16.5. The first-order chi connectivity index (χ1) is 11.2. The van der Waals surface area contributed by atoms with Gasteiger partial charge in [0.15, 0.2) is 0 Å². The van der Waals surface area contributed by atoms with Gasteiger partial charge in [-0.3, -0.25) is 4.79 Å². The van der Waals surface area contributed by atoms with Crippen molar-refractivity contribution in [3.05, 3.63) is 65.2 Å². The van der Waals surface area contributed by atoms with E-state index in [1.165, 1.54) is 5.56 Å². The predicted octanol–water partition coefficient (Wildman–Crippen LogP) is 2.76.